The number of hydrogen-bond acceptors (Lipinski definition) is 6. The summed E-state index contributed by atoms with van der Waals surface area (Å²) in [6.45, 7) is 3.18. The highest BCUT2D eigenvalue weighted by Gasteiger charge is 2.23. The predicted molar refractivity (Wildman–Crippen MR) is 116 cm³/mol. The molecule has 1 amide bonds. The number of amides is 1. The predicted octanol–water partition coefficient (Wildman–Crippen LogP) is 5.17. The van der Waals surface area contributed by atoms with Crippen molar-refractivity contribution in [2.75, 3.05) is 18.5 Å². The van der Waals surface area contributed by atoms with Crippen molar-refractivity contribution >= 4 is 34.0 Å². The van der Waals surface area contributed by atoms with Crippen molar-refractivity contribution in [3.05, 3.63) is 34.2 Å². The van der Waals surface area contributed by atoms with Crippen LogP contribution in [0.5, 0.6) is 11.5 Å². The van der Waals surface area contributed by atoms with E-state index in [2.05, 4.69) is 11.4 Å². The van der Waals surface area contributed by atoms with Crippen LogP contribution in [0.1, 0.15) is 48.6 Å². The molecule has 0 fully saturated rings. The highest BCUT2D eigenvalue weighted by molar-refractivity contribution is 8.00. The summed E-state index contributed by atoms with van der Waals surface area (Å²) in [7, 11) is 0. The van der Waals surface area contributed by atoms with Crippen LogP contribution in [-0.2, 0) is 17.6 Å². The molecule has 2 heterocycles. The summed E-state index contributed by atoms with van der Waals surface area (Å²) in [5.74, 6) is 1.39. The van der Waals surface area contributed by atoms with Crippen molar-refractivity contribution in [2.45, 2.75) is 55.6 Å². The summed E-state index contributed by atoms with van der Waals surface area (Å²) in [5.41, 5.74) is 1.81. The maximum absolute atomic E-state index is 12.8. The van der Waals surface area contributed by atoms with Crippen LogP contribution in [0.3, 0.4) is 0 Å². The average molecular weight is 429 g/mol. The van der Waals surface area contributed by atoms with Crippen molar-refractivity contribution in [3.8, 4) is 17.6 Å². The van der Waals surface area contributed by atoms with Crippen molar-refractivity contribution in [3.63, 3.8) is 0 Å². The number of aryl methyl sites for hydroxylation is 1. The molecule has 2 aliphatic rings. The Morgan fingerprint density at radius 3 is 2.79 bits per heavy atom. The highest BCUT2D eigenvalue weighted by atomic mass is 32.2. The first-order valence-corrected chi connectivity index (χ1v) is 11.8. The molecule has 4 rings (SSSR count). The summed E-state index contributed by atoms with van der Waals surface area (Å²) in [4.78, 5) is 15.0. The molecule has 0 saturated heterocycles. The van der Waals surface area contributed by atoms with Gasteiger partial charge in [-0.2, -0.15) is 5.26 Å². The summed E-state index contributed by atoms with van der Waals surface area (Å²) >= 11 is 3.05. The third-order valence-corrected chi connectivity index (χ3v) is 7.47. The van der Waals surface area contributed by atoms with E-state index in [9.17, 15) is 10.1 Å². The molecule has 29 heavy (non-hydrogen) atoms. The first-order valence-electron chi connectivity index (χ1n) is 10.1. The number of thioether (sulfide) groups is 1. The Morgan fingerprint density at radius 1 is 1.17 bits per heavy atom. The van der Waals surface area contributed by atoms with Gasteiger partial charge in [0.25, 0.3) is 0 Å². The molecule has 0 unspecified atom stereocenters. The lowest BCUT2D eigenvalue weighted by Crippen LogP contribution is -2.22. The smallest absolute Gasteiger partial charge is 0.238 e. The second-order valence-electron chi connectivity index (χ2n) is 7.29. The topological polar surface area (TPSA) is 71.3 Å². The van der Waals surface area contributed by atoms with E-state index in [4.69, 9.17) is 9.47 Å². The minimum atomic E-state index is -0.298. The van der Waals surface area contributed by atoms with Crippen LogP contribution < -0.4 is 14.8 Å². The molecule has 0 radical (unpaired) electrons. The van der Waals surface area contributed by atoms with Gasteiger partial charge in [0, 0.05) is 16.2 Å². The van der Waals surface area contributed by atoms with Crippen LogP contribution in [0, 0.1) is 11.3 Å². The number of fused-ring (bicyclic) bond motifs is 2. The van der Waals surface area contributed by atoms with E-state index >= 15 is 0 Å². The number of nitrogens with one attached hydrogen (secondary N) is 1. The van der Waals surface area contributed by atoms with Gasteiger partial charge >= 0.3 is 0 Å². The minimum absolute atomic E-state index is 0.0879. The van der Waals surface area contributed by atoms with E-state index in [1.807, 2.05) is 25.1 Å². The highest BCUT2D eigenvalue weighted by Crippen LogP contribution is 2.38. The zero-order valence-electron chi connectivity index (χ0n) is 16.5. The zero-order valence-corrected chi connectivity index (χ0v) is 18.1. The maximum atomic E-state index is 12.8. The van der Waals surface area contributed by atoms with Gasteiger partial charge in [-0.3, -0.25) is 4.79 Å². The second kappa shape index (κ2) is 9.10. The molecule has 1 atom stereocenters. The van der Waals surface area contributed by atoms with E-state index in [1.54, 1.807) is 11.3 Å². The average Bonchev–Trinajstić information content (AvgIpc) is 2.91. The summed E-state index contributed by atoms with van der Waals surface area (Å²) in [5, 5.41) is 13.1. The molecule has 1 N–H and O–H groups in total. The molecule has 1 aromatic heterocycles. The first kappa shape index (κ1) is 20.1. The van der Waals surface area contributed by atoms with Gasteiger partial charge in [-0.1, -0.05) is 6.42 Å². The number of thiophene rings is 1. The van der Waals surface area contributed by atoms with Gasteiger partial charge in [0.2, 0.25) is 5.91 Å². The number of ether oxygens (including phenoxy) is 2. The Hall–Kier alpha value is -2.17. The largest absolute Gasteiger partial charge is 0.490 e. The SMILES string of the molecule is C[C@H](Sc1ccc2c(c1)OCCCO2)C(=O)Nc1sc2c(c1C#N)CCCCC2. The van der Waals surface area contributed by atoms with E-state index < -0.39 is 0 Å². The lowest BCUT2D eigenvalue weighted by molar-refractivity contribution is -0.115. The molecule has 0 bridgehead atoms. The van der Waals surface area contributed by atoms with Gasteiger partial charge in [0.1, 0.15) is 11.1 Å². The van der Waals surface area contributed by atoms with Crippen LogP contribution in [-0.4, -0.2) is 24.4 Å². The summed E-state index contributed by atoms with van der Waals surface area (Å²) in [6, 6.07) is 8.11. The molecule has 5 nitrogen and oxygen atoms in total. The van der Waals surface area contributed by atoms with Gasteiger partial charge in [0.05, 0.1) is 24.0 Å². The zero-order chi connectivity index (χ0) is 20.2. The van der Waals surface area contributed by atoms with Gasteiger partial charge in [-0.15, -0.1) is 23.1 Å². The Bertz CT molecular complexity index is 948. The van der Waals surface area contributed by atoms with Crippen LogP contribution >= 0.6 is 23.1 Å². The number of benzene rings is 1. The minimum Gasteiger partial charge on any atom is -0.490 e. The molecule has 1 aromatic carbocycles. The van der Waals surface area contributed by atoms with Crippen LogP contribution in [0.2, 0.25) is 0 Å². The van der Waals surface area contributed by atoms with E-state index in [0.717, 1.165) is 54.1 Å². The maximum Gasteiger partial charge on any atom is 0.238 e. The number of carbonyl (C=O) groups excluding carboxylic acids is 1. The summed E-state index contributed by atoms with van der Waals surface area (Å²) in [6.07, 6.45) is 6.28. The molecule has 2 aromatic rings. The fraction of sp³-hybridized carbons (Fsp3) is 0.455. The third kappa shape index (κ3) is 4.54. The molecule has 7 heteroatoms. The van der Waals surface area contributed by atoms with Gasteiger partial charge in [-0.05, 0) is 56.4 Å². The number of carbonyl (C=O) groups is 1. The number of hydrogen-bond donors (Lipinski definition) is 1. The second-order valence-corrected chi connectivity index (χ2v) is 9.81. The molecule has 1 aliphatic carbocycles. The van der Waals surface area contributed by atoms with E-state index in [0.29, 0.717) is 23.8 Å². The van der Waals surface area contributed by atoms with Crippen molar-refractivity contribution in [1.29, 1.82) is 5.26 Å². The lowest BCUT2D eigenvalue weighted by atomic mass is 10.1. The number of nitrogens with zero attached hydrogens (tertiary/aromatic N) is 1. The van der Waals surface area contributed by atoms with Crippen molar-refractivity contribution < 1.29 is 14.3 Å². The molecular weight excluding hydrogens is 404 g/mol. The van der Waals surface area contributed by atoms with Crippen LogP contribution in [0.25, 0.3) is 0 Å². The Kier molecular flexibility index (Phi) is 6.31. The van der Waals surface area contributed by atoms with Crippen LogP contribution in [0.4, 0.5) is 5.00 Å². The normalized spacial score (nSPS) is 16.7. The summed E-state index contributed by atoms with van der Waals surface area (Å²) < 4.78 is 11.4. The molecule has 0 saturated carbocycles. The molecule has 1 aliphatic heterocycles. The number of anilines is 1. The standard InChI is InChI=1S/C22H24N2O3S2/c1-14(28-15-8-9-18-19(12-15)27-11-5-10-26-18)21(25)24-22-17(13-23)16-6-3-2-4-7-20(16)29-22/h8-9,12,14H,2-7,10-11H2,1H3,(H,24,25)/t14-/m0/s1. The Morgan fingerprint density at radius 2 is 1.97 bits per heavy atom. The first-order chi connectivity index (χ1) is 14.2. The molecule has 152 valence electrons. The molecule has 0 spiro atoms. The van der Waals surface area contributed by atoms with Gasteiger partial charge < -0.3 is 14.8 Å². The van der Waals surface area contributed by atoms with Crippen molar-refractivity contribution in [1.82, 2.24) is 0 Å². The third-order valence-electron chi connectivity index (χ3n) is 5.17. The van der Waals surface area contributed by atoms with E-state index in [-0.39, 0.29) is 11.2 Å². The fourth-order valence-electron chi connectivity index (χ4n) is 3.64. The molecular formula is C22H24N2O3S2. The van der Waals surface area contributed by atoms with Crippen molar-refractivity contribution in [2.24, 2.45) is 0 Å². The number of nitriles is 1. The van der Waals surface area contributed by atoms with E-state index in [1.165, 1.54) is 23.1 Å². The quantitative estimate of drug-likeness (QED) is 0.537. The monoisotopic (exact) mass is 428 g/mol. The Labute approximate surface area is 179 Å². The van der Waals surface area contributed by atoms with Crippen LogP contribution in [0.15, 0.2) is 23.1 Å². The van der Waals surface area contributed by atoms with Gasteiger partial charge in [0.15, 0.2) is 11.5 Å². The lowest BCUT2D eigenvalue weighted by Gasteiger charge is -2.13. The Balaban J connectivity index is 1.45. The van der Waals surface area contributed by atoms with Gasteiger partial charge in [-0.25, -0.2) is 0 Å². The fourth-order valence-corrected chi connectivity index (χ4v) is 5.78. The number of rotatable bonds is 4.